The van der Waals surface area contributed by atoms with Gasteiger partial charge >= 0.3 is 0 Å². The number of anilines is 1. The Morgan fingerprint density at radius 3 is 2.84 bits per heavy atom. The summed E-state index contributed by atoms with van der Waals surface area (Å²) in [6.07, 6.45) is 0. The van der Waals surface area contributed by atoms with Gasteiger partial charge in [0.2, 0.25) is 0 Å². The van der Waals surface area contributed by atoms with Crippen molar-refractivity contribution in [2.75, 3.05) is 19.9 Å². The molecule has 2 rings (SSSR count). The van der Waals surface area contributed by atoms with E-state index in [9.17, 15) is 4.79 Å². The van der Waals surface area contributed by atoms with Crippen molar-refractivity contribution in [1.29, 1.82) is 0 Å². The Labute approximate surface area is 115 Å². The maximum absolute atomic E-state index is 12.1. The van der Waals surface area contributed by atoms with Crippen LogP contribution < -0.4 is 10.5 Å². The first-order chi connectivity index (χ1) is 9.11. The normalized spacial score (nSPS) is 10.2. The number of para-hydroxylation sites is 1. The van der Waals surface area contributed by atoms with Crippen LogP contribution in [-0.2, 0) is 6.54 Å². The van der Waals surface area contributed by atoms with E-state index in [1.165, 1.54) is 11.3 Å². The highest BCUT2D eigenvalue weighted by Crippen LogP contribution is 2.20. The first kappa shape index (κ1) is 13.4. The van der Waals surface area contributed by atoms with Crippen molar-refractivity contribution in [2.45, 2.75) is 6.54 Å². The van der Waals surface area contributed by atoms with Crippen LogP contribution in [0.5, 0.6) is 5.75 Å². The van der Waals surface area contributed by atoms with Crippen LogP contribution >= 0.6 is 11.3 Å². The van der Waals surface area contributed by atoms with Gasteiger partial charge in [0.05, 0.1) is 7.11 Å². The fraction of sp³-hybridized carbons (Fsp3) is 0.231. The zero-order valence-corrected chi connectivity index (χ0v) is 11.6. The average molecular weight is 277 g/mol. The topological polar surface area (TPSA) is 68.5 Å². The Morgan fingerprint density at radius 1 is 1.47 bits per heavy atom. The zero-order valence-electron chi connectivity index (χ0n) is 10.8. The molecule has 0 spiro atoms. The van der Waals surface area contributed by atoms with Crippen molar-refractivity contribution in [3.63, 3.8) is 0 Å². The van der Waals surface area contributed by atoms with E-state index in [2.05, 4.69) is 4.98 Å². The molecule has 0 bridgehead atoms. The molecule has 0 radical (unpaired) electrons. The number of thiazole rings is 1. The molecule has 1 amide bonds. The fourth-order valence-electron chi connectivity index (χ4n) is 1.74. The van der Waals surface area contributed by atoms with Crippen LogP contribution in [0.2, 0.25) is 0 Å². The van der Waals surface area contributed by atoms with E-state index in [0.29, 0.717) is 17.4 Å². The largest absolute Gasteiger partial charge is 0.496 e. The number of hydrogen-bond acceptors (Lipinski definition) is 5. The molecule has 19 heavy (non-hydrogen) atoms. The van der Waals surface area contributed by atoms with Crippen molar-refractivity contribution in [3.8, 4) is 5.75 Å². The van der Waals surface area contributed by atoms with E-state index in [1.54, 1.807) is 24.4 Å². The molecule has 1 aromatic heterocycles. The van der Waals surface area contributed by atoms with Crippen LogP contribution in [0.1, 0.15) is 16.1 Å². The van der Waals surface area contributed by atoms with Crippen molar-refractivity contribution >= 4 is 22.4 Å². The van der Waals surface area contributed by atoms with Gasteiger partial charge in [-0.05, 0) is 6.07 Å². The van der Waals surface area contributed by atoms with Gasteiger partial charge < -0.3 is 15.4 Å². The van der Waals surface area contributed by atoms with E-state index in [1.807, 2.05) is 24.3 Å². The smallest absolute Gasteiger partial charge is 0.273 e. The van der Waals surface area contributed by atoms with E-state index in [4.69, 9.17) is 10.5 Å². The summed E-state index contributed by atoms with van der Waals surface area (Å²) in [4.78, 5) is 17.7. The van der Waals surface area contributed by atoms with Gasteiger partial charge in [-0.1, -0.05) is 18.2 Å². The van der Waals surface area contributed by atoms with E-state index >= 15 is 0 Å². The van der Waals surface area contributed by atoms with Gasteiger partial charge in [-0.25, -0.2) is 4.98 Å². The lowest BCUT2D eigenvalue weighted by Gasteiger charge is -2.17. The number of ether oxygens (including phenoxy) is 1. The molecule has 6 heteroatoms. The van der Waals surface area contributed by atoms with Gasteiger partial charge in [0, 0.05) is 24.5 Å². The summed E-state index contributed by atoms with van der Waals surface area (Å²) in [5, 5.41) is 2.06. The second-order valence-corrected chi connectivity index (χ2v) is 4.93. The lowest BCUT2D eigenvalue weighted by Crippen LogP contribution is -2.26. The number of nitrogen functional groups attached to an aromatic ring is 1. The molecule has 0 aliphatic carbocycles. The van der Waals surface area contributed by atoms with E-state index in [0.717, 1.165) is 11.3 Å². The minimum Gasteiger partial charge on any atom is -0.496 e. The number of carbonyl (C=O) groups excluding carboxylic acids is 1. The van der Waals surface area contributed by atoms with Crippen LogP contribution in [-0.4, -0.2) is 29.9 Å². The quantitative estimate of drug-likeness (QED) is 0.928. The number of nitrogens with two attached hydrogens (primary N) is 1. The Bertz CT molecular complexity index is 583. The average Bonchev–Trinajstić information content (AvgIpc) is 2.85. The molecule has 2 N–H and O–H groups in total. The summed E-state index contributed by atoms with van der Waals surface area (Å²) in [7, 11) is 3.34. The molecule has 0 aliphatic rings. The predicted octanol–water partition coefficient (Wildman–Crippen LogP) is 2.01. The second-order valence-electron chi connectivity index (χ2n) is 4.04. The number of aromatic nitrogens is 1. The molecule has 1 aromatic carbocycles. The third-order valence-corrected chi connectivity index (χ3v) is 3.36. The van der Waals surface area contributed by atoms with Gasteiger partial charge in [-0.2, -0.15) is 0 Å². The Hall–Kier alpha value is -2.08. The van der Waals surface area contributed by atoms with Crippen LogP contribution in [0.15, 0.2) is 29.6 Å². The second kappa shape index (κ2) is 5.71. The third-order valence-electron chi connectivity index (χ3n) is 2.69. The molecule has 1 heterocycles. The maximum atomic E-state index is 12.1. The number of nitrogens with zero attached hydrogens (tertiary/aromatic N) is 2. The lowest BCUT2D eigenvalue weighted by atomic mass is 10.2. The standard InChI is InChI=1S/C13H15N3O2S/c1-16(12(17)10-8-19-13(14)15-10)7-9-5-3-4-6-11(9)18-2/h3-6,8H,7H2,1-2H3,(H2,14,15). The lowest BCUT2D eigenvalue weighted by molar-refractivity contribution is 0.0779. The SMILES string of the molecule is COc1ccccc1CN(C)C(=O)c1csc(N)n1. The van der Waals surface area contributed by atoms with Crippen molar-refractivity contribution in [2.24, 2.45) is 0 Å². The van der Waals surface area contributed by atoms with Crippen LogP contribution in [0, 0.1) is 0 Å². The molecular formula is C13H15N3O2S. The van der Waals surface area contributed by atoms with Crippen LogP contribution in [0.3, 0.4) is 0 Å². The number of benzene rings is 1. The van der Waals surface area contributed by atoms with Crippen molar-refractivity contribution in [1.82, 2.24) is 9.88 Å². The minimum absolute atomic E-state index is 0.154. The van der Waals surface area contributed by atoms with Gasteiger partial charge in [0.15, 0.2) is 5.13 Å². The van der Waals surface area contributed by atoms with Crippen molar-refractivity contribution < 1.29 is 9.53 Å². The van der Waals surface area contributed by atoms with E-state index < -0.39 is 0 Å². The van der Waals surface area contributed by atoms with Gasteiger partial charge in [0.1, 0.15) is 11.4 Å². The monoisotopic (exact) mass is 277 g/mol. The van der Waals surface area contributed by atoms with Gasteiger partial charge in [-0.15, -0.1) is 11.3 Å². The number of hydrogen-bond donors (Lipinski definition) is 1. The summed E-state index contributed by atoms with van der Waals surface area (Å²) in [6, 6.07) is 7.61. The molecule has 0 saturated carbocycles. The van der Waals surface area contributed by atoms with Crippen LogP contribution in [0.25, 0.3) is 0 Å². The highest BCUT2D eigenvalue weighted by atomic mass is 32.1. The predicted molar refractivity (Wildman–Crippen MR) is 75.3 cm³/mol. The summed E-state index contributed by atoms with van der Waals surface area (Å²) in [6.45, 7) is 0.459. The fourth-order valence-corrected chi connectivity index (χ4v) is 2.28. The molecule has 0 atom stereocenters. The summed E-state index contributed by atoms with van der Waals surface area (Å²) in [5.41, 5.74) is 6.85. The summed E-state index contributed by atoms with van der Waals surface area (Å²) >= 11 is 1.26. The minimum atomic E-state index is -0.154. The maximum Gasteiger partial charge on any atom is 0.273 e. The molecule has 0 unspecified atom stereocenters. The summed E-state index contributed by atoms with van der Waals surface area (Å²) in [5.74, 6) is 0.610. The molecular weight excluding hydrogens is 262 g/mol. The molecule has 100 valence electrons. The summed E-state index contributed by atoms with van der Waals surface area (Å²) < 4.78 is 5.26. The number of rotatable bonds is 4. The Kier molecular flexibility index (Phi) is 4.01. The third kappa shape index (κ3) is 3.03. The number of methoxy groups -OCH3 is 1. The number of carbonyl (C=O) groups is 1. The van der Waals surface area contributed by atoms with Gasteiger partial charge in [0.25, 0.3) is 5.91 Å². The Balaban J connectivity index is 2.12. The molecule has 0 aliphatic heterocycles. The van der Waals surface area contributed by atoms with E-state index in [-0.39, 0.29) is 5.91 Å². The highest BCUT2D eigenvalue weighted by molar-refractivity contribution is 7.13. The highest BCUT2D eigenvalue weighted by Gasteiger charge is 2.16. The van der Waals surface area contributed by atoms with Crippen LogP contribution in [0.4, 0.5) is 5.13 Å². The first-order valence-electron chi connectivity index (χ1n) is 5.70. The van der Waals surface area contributed by atoms with Gasteiger partial charge in [-0.3, -0.25) is 4.79 Å². The Morgan fingerprint density at radius 2 is 2.21 bits per heavy atom. The van der Waals surface area contributed by atoms with Crippen molar-refractivity contribution in [3.05, 3.63) is 40.9 Å². The molecule has 0 saturated heterocycles. The molecule has 5 nitrogen and oxygen atoms in total. The zero-order chi connectivity index (χ0) is 13.8. The molecule has 0 fully saturated rings. The molecule has 2 aromatic rings. The number of amides is 1. The first-order valence-corrected chi connectivity index (χ1v) is 6.58.